The Bertz CT molecular complexity index is 205. The van der Waals surface area contributed by atoms with Gasteiger partial charge in [-0.25, -0.2) is 0 Å². The monoisotopic (exact) mass is 479 g/mol. The summed E-state index contributed by atoms with van der Waals surface area (Å²) in [4.78, 5) is 7.74. The van der Waals surface area contributed by atoms with E-state index < -0.39 is 0 Å². The highest BCUT2D eigenvalue weighted by Crippen LogP contribution is 2.15. The summed E-state index contributed by atoms with van der Waals surface area (Å²) in [6.45, 7) is 9.87. The molecule has 2 aliphatic rings. The average molecular weight is 479 g/mol. The van der Waals surface area contributed by atoms with Crippen LogP contribution in [-0.2, 0) is 3.07 Å². The molecule has 0 aromatic heterocycles. The molecule has 0 spiro atoms. The van der Waals surface area contributed by atoms with Crippen LogP contribution < -0.4 is 0 Å². The Morgan fingerprint density at radius 2 is 1.33 bits per heavy atom. The Labute approximate surface area is 138 Å². The molecule has 106 valence electrons. The molecule has 18 heavy (non-hydrogen) atoms. The highest BCUT2D eigenvalue weighted by Gasteiger charge is 2.20. The molecule has 0 N–H and O–H groups in total. The maximum atomic E-state index is 5.38. The number of hydrogen-bond donors (Lipinski definition) is 0. The Morgan fingerprint density at radius 3 is 1.83 bits per heavy atom. The summed E-state index contributed by atoms with van der Waals surface area (Å²) >= 11 is 4.51. The molecule has 0 bridgehead atoms. The molecule has 0 unspecified atom stereocenters. The van der Waals surface area contributed by atoms with Gasteiger partial charge in [-0.1, -0.05) is 22.6 Å². The number of halogens is 2. The number of hydrogen-bond acceptors (Lipinski definition) is 4. The van der Waals surface area contributed by atoms with Crippen molar-refractivity contribution >= 4 is 45.6 Å². The summed E-state index contributed by atoms with van der Waals surface area (Å²) in [5.41, 5.74) is 0. The topological polar surface area (TPSA) is 19.0 Å². The predicted molar refractivity (Wildman–Crippen MR) is 91.5 cm³/mol. The quantitative estimate of drug-likeness (QED) is 0.341. The van der Waals surface area contributed by atoms with Crippen LogP contribution in [0.3, 0.4) is 0 Å². The molecule has 2 saturated heterocycles. The van der Waals surface area contributed by atoms with Crippen LogP contribution in [0.25, 0.3) is 0 Å². The highest BCUT2D eigenvalue weighted by molar-refractivity contribution is 14.1. The molecule has 0 atom stereocenters. The molecule has 2 fully saturated rings. The van der Waals surface area contributed by atoms with Gasteiger partial charge in [-0.2, -0.15) is 0 Å². The fourth-order valence-corrected chi connectivity index (χ4v) is 3.83. The fourth-order valence-electron chi connectivity index (χ4n) is 2.64. The van der Waals surface area contributed by atoms with Gasteiger partial charge in [-0.05, 0) is 12.8 Å². The van der Waals surface area contributed by atoms with Crippen molar-refractivity contribution < 1.29 is 3.07 Å². The molecule has 4 nitrogen and oxygen atoms in total. The van der Waals surface area contributed by atoms with Gasteiger partial charge in [0.2, 0.25) is 0 Å². The lowest BCUT2D eigenvalue weighted by Gasteiger charge is -2.36. The van der Waals surface area contributed by atoms with E-state index in [4.69, 9.17) is 3.07 Å². The van der Waals surface area contributed by atoms with Gasteiger partial charge in [0.15, 0.2) is 0 Å². The lowest BCUT2D eigenvalue weighted by molar-refractivity contribution is 0.103. The lowest BCUT2D eigenvalue weighted by Crippen LogP contribution is -2.48. The third-order valence-electron chi connectivity index (χ3n) is 4.03. The maximum absolute atomic E-state index is 5.38. The molecule has 0 aromatic carbocycles. The van der Waals surface area contributed by atoms with Gasteiger partial charge < -0.3 is 7.97 Å². The zero-order valence-electron chi connectivity index (χ0n) is 10.9. The van der Waals surface area contributed by atoms with E-state index in [1.54, 1.807) is 0 Å². The molecule has 2 rings (SSSR count). The molecule has 2 aliphatic heterocycles. The third kappa shape index (κ3) is 5.01. The second kappa shape index (κ2) is 8.56. The fraction of sp³-hybridized carbons (Fsp3) is 1.00. The maximum Gasteiger partial charge on any atom is 0.110 e. The van der Waals surface area contributed by atoms with Crippen LogP contribution in [0.4, 0.5) is 0 Å². The minimum Gasteiger partial charge on any atom is -0.312 e. The van der Waals surface area contributed by atoms with E-state index in [0.29, 0.717) is 6.10 Å². The van der Waals surface area contributed by atoms with E-state index in [1.165, 1.54) is 69.8 Å². The average Bonchev–Trinajstić information content (AvgIpc) is 2.46. The van der Waals surface area contributed by atoms with E-state index in [-0.39, 0.29) is 0 Å². The Morgan fingerprint density at radius 1 is 0.833 bits per heavy atom. The molecule has 0 radical (unpaired) electrons. The smallest absolute Gasteiger partial charge is 0.110 e. The highest BCUT2D eigenvalue weighted by atomic mass is 127. The molecule has 0 amide bonds. The first kappa shape index (κ1) is 15.7. The van der Waals surface area contributed by atoms with Gasteiger partial charge in [0, 0.05) is 52.4 Å². The second-order valence-corrected chi connectivity index (χ2v) is 6.40. The Balaban J connectivity index is 1.58. The number of nitrogens with zero attached hydrogens (tertiary/aromatic N) is 3. The van der Waals surface area contributed by atoms with E-state index in [2.05, 4.69) is 37.3 Å². The first-order chi connectivity index (χ1) is 8.81. The lowest BCUT2D eigenvalue weighted by atomic mass is 10.1. The summed E-state index contributed by atoms with van der Waals surface area (Å²) in [7, 11) is 0. The van der Waals surface area contributed by atoms with Crippen molar-refractivity contribution in [1.29, 1.82) is 0 Å². The van der Waals surface area contributed by atoms with Gasteiger partial charge in [-0.15, -0.1) is 0 Å². The van der Waals surface area contributed by atoms with Crippen LogP contribution in [-0.4, -0.2) is 77.7 Å². The SMILES string of the molecule is ICN1CCN(CCN2CCC(OI)CC2)CC1. The van der Waals surface area contributed by atoms with Gasteiger partial charge in [0.05, 0.1) is 10.7 Å². The van der Waals surface area contributed by atoms with Crippen molar-refractivity contribution in [2.45, 2.75) is 18.9 Å². The van der Waals surface area contributed by atoms with Crippen molar-refractivity contribution in [2.75, 3.05) is 56.9 Å². The van der Waals surface area contributed by atoms with E-state index in [0.717, 1.165) is 0 Å². The van der Waals surface area contributed by atoms with Crippen molar-refractivity contribution in [3.05, 3.63) is 0 Å². The van der Waals surface area contributed by atoms with E-state index in [9.17, 15) is 0 Å². The first-order valence-corrected chi connectivity index (χ1v) is 9.23. The summed E-state index contributed by atoms with van der Waals surface area (Å²) < 4.78 is 6.56. The minimum atomic E-state index is 0.494. The zero-order valence-corrected chi connectivity index (χ0v) is 15.2. The molecule has 2 heterocycles. The standard InChI is InChI=1S/C12H23I2N3O/c13-11-17-9-7-16(8-10-17)6-5-15-3-1-12(18-14)2-4-15/h12H,1-11H2. The molecule has 6 heteroatoms. The normalized spacial score (nSPS) is 25.7. The first-order valence-electron chi connectivity index (χ1n) is 6.82. The number of piperidine rings is 1. The summed E-state index contributed by atoms with van der Waals surface area (Å²) in [6, 6.07) is 0. The van der Waals surface area contributed by atoms with Crippen LogP contribution in [0, 0.1) is 0 Å². The largest absolute Gasteiger partial charge is 0.312 e. The van der Waals surface area contributed by atoms with Crippen LogP contribution in [0.2, 0.25) is 0 Å². The van der Waals surface area contributed by atoms with Crippen molar-refractivity contribution in [3.8, 4) is 0 Å². The van der Waals surface area contributed by atoms with Crippen molar-refractivity contribution in [1.82, 2.24) is 14.7 Å². The molecule has 0 aliphatic carbocycles. The molecule has 0 aromatic rings. The predicted octanol–water partition coefficient (Wildman–Crippen LogP) is 1.83. The van der Waals surface area contributed by atoms with Gasteiger partial charge >= 0.3 is 0 Å². The molecular weight excluding hydrogens is 456 g/mol. The van der Waals surface area contributed by atoms with Crippen molar-refractivity contribution in [2.24, 2.45) is 0 Å². The van der Waals surface area contributed by atoms with Gasteiger partial charge in [0.25, 0.3) is 0 Å². The Kier molecular flexibility index (Phi) is 7.46. The zero-order chi connectivity index (χ0) is 12.8. The summed E-state index contributed by atoms with van der Waals surface area (Å²) in [5.74, 6) is 0. The van der Waals surface area contributed by atoms with E-state index in [1.807, 2.05) is 23.0 Å². The number of piperazine rings is 1. The van der Waals surface area contributed by atoms with Crippen LogP contribution in [0.15, 0.2) is 0 Å². The summed E-state index contributed by atoms with van der Waals surface area (Å²) in [5, 5.41) is 0. The summed E-state index contributed by atoms with van der Waals surface area (Å²) in [6.07, 6.45) is 2.89. The van der Waals surface area contributed by atoms with Crippen molar-refractivity contribution in [3.63, 3.8) is 0 Å². The minimum absolute atomic E-state index is 0.494. The number of rotatable bonds is 5. The van der Waals surface area contributed by atoms with E-state index >= 15 is 0 Å². The molecular formula is C12H23I2N3O. The second-order valence-electron chi connectivity index (χ2n) is 5.21. The number of alkyl halides is 1. The molecule has 0 saturated carbocycles. The Hall–Kier alpha value is 1.30. The third-order valence-corrected chi connectivity index (χ3v) is 5.71. The number of likely N-dealkylation sites (tertiary alicyclic amines) is 1. The van der Waals surface area contributed by atoms with Crippen LogP contribution in [0.1, 0.15) is 12.8 Å². The van der Waals surface area contributed by atoms with Gasteiger partial charge in [0.1, 0.15) is 23.0 Å². The van der Waals surface area contributed by atoms with Crippen LogP contribution >= 0.6 is 45.6 Å². The van der Waals surface area contributed by atoms with Crippen LogP contribution in [0.5, 0.6) is 0 Å². The van der Waals surface area contributed by atoms with Gasteiger partial charge in [-0.3, -0.25) is 9.80 Å².